The zero-order chi connectivity index (χ0) is 24.0. The maximum absolute atomic E-state index is 11.8. The first-order valence-corrected chi connectivity index (χ1v) is 11.1. The van der Waals surface area contributed by atoms with Crippen molar-refractivity contribution in [1.29, 1.82) is 0 Å². The first kappa shape index (κ1) is 24.5. The van der Waals surface area contributed by atoms with Gasteiger partial charge in [0.25, 0.3) is 0 Å². The lowest BCUT2D eigenvalue weighted by molar-refractivity contribution is -0.145. The fraction of sp³-hybridized carbons (Fsp3) is 0.296. The molecule has 0 bridgehead atoms. The van der Waals surface area contributed by atoms with Gasteiger partial charge in [0.15, 0.2) is 0 Å². The molecule has 6 heteroatoms. The van der Waals surface area contributed by atoms with Crippen LogP contribution in [0.4, 0.5) is 0 Å². The summed E-state index contributed by atoms with van der Waals surface area (Å²) in [6, 6.07) is 21.5. The monoisotopic (exact) mass is 468 g/mol. The molecule has 0 aliphatic carbocycles. The third kappa shape index (κ3) is 7.16. The maximum Gasteiger partial charge on any atom is 0.349 e. The van der Waals surface area contributed by atoms with Crippen LogP contribution in [0.1, 0.15) is 44.9 Å². The minimum atomic E-state index is -1.12. The summed E-state index contributed by atoms with van der Waals surface area (Å²) in [6.07, 6.45) is -1.30. The van der Waals surface area contributed by atoms with E-state index in [0.717, 1.165) is 5.56 Å². The van der Waals surface area contributed by atoms with E-state index in [9.17, 15) is 9.90 Å². The van der Waals surface area contributed by atoms with Crippen LogP contribution < -0.4 is 14.2 Å². The molecule has 1 N–H and O–H groups in total. The molecule has 0 saturated carbocycles. The Morgan fingerprint density at radius 3 is 1.91 bits per heavy atom. The van der Waals surface area contributed by atoms with E-state index in [1.807, 2.05) is 19.1 Å². The number of halogens is 1. The number of hydrogen-bond acceptors (Lipinski definition) is 4. The molecule has 0 amide bonds. The lowest BCUT2D eigenvalue weighted by Crippen LogP contribution is -2.21. The molecule has 3 rings (SSSR count). The van der Waals surface area contributed by atoms with Gasteiger partial charge in [-0.3, -0.25) is 0 Å². The number of benzene rings is 3. The van der Waals surface area contributed by atoms with Crippen LogP contribution in [0.2, 0.25) is 5.02 Å². The Kier molecular flexibility index (Phi) is 7.88. The molecule has 0 radical (unpaired) electrons. The molecular weight excluding hydrogens is 440 g/mol. The zero-order valence-corrected chi connectivity index (χ0v) is 20.0. The molecule has 0 aliphatic rings. The van der Waals surface area contributed by atoms with Crippen molar-refractivity contribution in [2.24, 2.45) is 0 Å². The average Bonchev–Trinajstić information content (AvgIpc) is 2.77. The van der Waals surface area contributed by atoms with E-state index in [1.165, 1.54) is 0 Å². The lowest BCUT2D eigenvalue weighted by Gasteiger charge is -2.20. The van der Waals surface area contributed by atoms with Crippen LogP contribution in [0, 0.1) is 0 Å². The fourth-order valence-corrected chi connectivity index (χ4v) is 3.29. The van der Waals surface area contributed by atoms with Crippen molar-refractivity contribution in [3.05, 3.63) is 88.9 Å². The summed E-state index contributed by atoms with van der Waals surface area (Å²) in [7, 11) is 0. The SMILES string of the molecule is CC(COc1ccc(C(Oc2ccc(C(C)(C)C)cc2)C(=O)O)cc1)Oc1ccc(Cl)cc1. The van der Waals surface area contributed by atoms with Gasteiger partial charge in [0.1, 0.15) is 30.0 Å². The molecule has 0 saturated heterocycles. The normalized spacial score (nSPS) is 13.1. The van der Waals surface area contributed by atoms with Crippen LogP contribution in [-0.4, -0.2) is 23.8 Å². The highest BCUT2D eigenvalue weighted by Gasteiger charge is 2.22. The Hall–Kier alpha value is -3.18. The van der Waals surface area contributed by atoms with Crippen molar-refractivity contribution in [3.63, 3.8) is 0 Å². The molecule has 0 aromatic heterocycles. The van der Waals surface area contributed by atoms with Crippen molar-refractivity contribution >= 4 is 17.6 Å². The molecule has 5 nitrogen and oxygen atoms in total. The summed E-state index contributed by atoms with van der Waals surface area (Å²) in [5.41, 5.74) is 1.69. The van der Waals surface area contributed by atoms with Crippen molar-refractivity contribution in [2.75, 3.05) is 6.61 Å². The second-order valence-corrected chi connectivity index (χ2v) is 9.31. The van der Waals surface area contributed by atoms with Gasteiger partial charge in [0.2, 0.25) is 6.10 Å². The van der Waals surface area contributed by atoms with Crippen LogP contribution >= 0.6 is 11.6 Å². The summed E-state index contributed by atoms with van der Waals surface area (Å²) < 4.78 is 17.4. The van der Waals surface area contributed by atoms with Crippen molar-refractivity contribution in [3.8, 4) is 17.2 Å². The van der Waals surface area contributed by atoms with E-state index in [2.05, 4.69) is 20.8 Å². The second kappa shape index (κ2) is 10.6. The van der Waals surface area contributed by atoms with Gasteiger partial charge >= 0.3 is 5.97 Å². The van der Waals surface area contributed by atoms with Gasteiger partial charge in [-0.15, -0.1) is 0 Å². The predicted octanol–water partition coefficient (Wildman–Crippen LogP) is 6.69. The predicted molar refractivity (Wildman–Crippen MR) is 130 cm³/mol. The summed E-state index contributed by atoms with van der Waals surface area (Å²) in [6.45, 7) is 8.61. The number of carboxylic acid groups (broad SMARTS) is 1. The van der Waals surface area contributed by atoms with Gasteiger partial charge in [0, 0.05) is 10.6 Å². The molecule has 0 fully saturated rings. The minimum Gasteiger partial charge on any atom is -0.490 e. The summed E-state index contributed by atoms with van der Waals surface area (Å²) in [4.78, 5) is 11.8. The summed E-state index contributed by atoms with van der Waals surface area (Å²) in [5, 5.41) is 10.3. The Bertz CT molecular complexity index is 1040. The number of hydrogen-bond donors (Lipinski definition) is 1. The van der Waals surface area contributed by atoms with Gasteiger partial charge in [-0.05, 0) is 66.4 Å². The van der Waals surface area contributed by atoms with Crippen LogP contribution in [0.15, 0.2) is 72.8 Å². The van der Waals surface area contributed by atoms with Crippen LogP contribution in [-0.2, 0) is 10.2 Å². The van der Waals surface area contributed by atoms with Crippen molar-refractivity contribution in [2.45, 2.75) is 45.3 Å². The van der Waals surface area contributed by atoms with Gasteiger partial charge < -0.3 is 19.3 Å². The molecule has 2 unspecified atom stereocenters. The van der Waals surface area contributed by atoms with E-state index >= 15 is 0 Å². The van der Waals surface area contributed by atoms with Crippen molar-refractivity contribution in [1.82, 2.24) is 0 Å². The second-order valence-electron chi connectivity index (χ2n) is 8.87. The van der Waals surface area contributed by atoms with Crippen LogP contribution in [0.5, 0.6) is 17.2 Å². The van der Waals surface area contributed by atoms with Crippen molar-refractivity contribution < 1.29 is 24.1 Å². The Labute approximate surface area is 199 Å². The van der Waals surface area contributed by atoms with Crippen LogP contribution in [0.3, 0.4) is 0 Å². The topological polar surface area (TPSA) is 65.0 Å². The van der Waals surface area contributed by atoms with Gasteiger partial charge in [-0.2, -0.15) is 0 Å². The smallest absolute Gasteiger partial charge is 0.349 e. The molecule has 33 heavy (non-hydrogen) atoms. The Balaban J connectivity index is 1.59. The first-order valence-electron chi connectivity index (χ1n) is 10.8. The molecule has 174 valence electrons. The molecule has 0 aliphatic heterocycles. The highest BCUT2D eigenvalue weighted by molar-refractivity contribution is 6.30. The third-order valence-electron chi connectivity index (χ3n) is 5.02. The molecular formula is C27H29ClO5. The highest BCUT2D eigenvalue weighted by Crippen LogP contribution is 2.28. The molecule has 3 aromatic rings. The number of rotatable bonds is 9. The average molecular weight is 469 g/mol. The maximum atomic E-state index is 11.8. The molecule has 0 spiro atoms. The Morgan fingerprint density at radius 1 is 0.848 bits per heavy atom. The Morgan fingerprint density at radius 2 is 1.36 bits per heavy atom. The minimum absolute atomic E-state index is 0.0118. The quantitative estimate of drug-likeness (QED) is 0.379. The summed E-state index contributed by atoms with van der Waals surface area (Å²) in [5.74, 6) is 0.768. The van der Waals surface area contributed by atoms with E-state index in [1.54, 1.807) is 60.7 Å². The van der Waals surface area contributed by atoms with Crippen LogP contribution in [0.25, 0.3) is 0 Å². The summed E-state index contributed by atoms with van der Waals surface area (Å²) >= 11 is 5.89. The fourth-order valence-electron chi connectivity index (χ4n) is 3.16. The molecule has 0 heterocycles. The third-order valence-corrected chi connectivity index (χ3v) is 5.27. The number of ether oxygens (including phenoxy) is 3. The van der Waals surface area contributed by atoms with Gasteiger partial charge in [0.05, 0.1) is 0 Å². The first-order chi connectivity index (χ1) is 15.6. The highest BCUT2D eigenvalue weighted by atomic mass is 35.5. The number of carbonyl (C=O) groups is 1. The lowest BCUT2D eigenvalue weighted by atomic mass is 9.87. The zero-order valence-electron chi connectivity index (χ0n) is 19.2. The number of carboxylic acids is 1. The van der Waals surface area contributed by atoms with E-state index < -0.39 is 12.1 Å². The molecule has 3 aromatic carbocycles. The molecule has 2 atom stereocenters. The van der Waals surface area contributed by atoms with E-state index in [-0.39, 0.29) is 11.5 Å². The van der Waals surface area contributed by atoms with Gasteiger partial charge in [-0.25, -0.2) is 4.79 Å². The standard InChI is InChI=1S/C27H29ClO5/c1-18(32-23-15-9-21(28)10-16-23)17-31-22-11-5-19(6-12-22)25(26(29)30)33-24-13-7-20(8-14-24)27(2,3)4/h5-16,18,25H,17H2,1-4H3,(H,29,30). The van der Waals surface area contributed by atoms with Gasteiger partial charge in [-0.1, -0.05) is 56.6 Å². The van der Waals surface area contributed by atoms with E-state index in [4.69, 9.17) is 25.8 Å². The number of aliphatic carboxylic acids is 1. The van der Waals surface area contributed by atoms with E-state index in [0.29, 0.717) is 34.4 Å². The largest absolute Gasteiger partial charge is 0.490 e.